The second-order valence-corrected chi connectivity index (χ2v) is 6.53. The van der Waals surface area contributed by atoms with E-state index in [2.05, 4.69) is 29.6 Å². The van der Waals surface area contributed by atoms with Crippen LogP contribution in [-0.4, -0.2) is 36.3 Å². The zero-order chi connectivity index (χ0) is 16.2. The fraction of sp³-hybridized carbons (Fsp3) is 0.474. The number of hydrogen-bond donors (Lipinski definition) is 1. The van der Waals surface area contributed by atoms with Gasteiger partial charge in [0.15, 0.2) is 0 Å². The highest BCUT2D eigenvalue weighted by Crippen LogP contribution is 2.23. The smallest absolute Gasteiger partial charge is 0.253 e. The normalized spacial score (nSPS) is 17.7. The van der Waals surface area contributed by atoms with Gasteiger partial charge in [-0.1, -0.05) is 18.2 Å². The first-order valence-corrected chi connectivity index (χ1v) is 8.46. The molecule has 1 saturated heterocycles. The maximum Gasteiger partial charge on any atom is 0.253 e. The predicted octanol–water partition coefficient (Wildman–Crippen LogP) is 2.63. The van der Waals surface area contributed by atoms with E-state index >= 15 is 0 Å². The highest BCUT2D eigenvalue weighted by atomic mass is 16.2. The molecule has 2 amide bonds. The van der Waals surface area contributed by atoms with Crippen molar-refractivity contribution >= 4 is 17.9 Å². The van der Waals surface area contributed by atoms with Gasteiger partial charge in [-0.25, -0.2) is 0 Å². The van der Waals surface area contributed by atoms with Crippen molar-refractivity contribution in [2.24, 2.45) is 5.92 Å². The van der Waals surface area contributed by atoms with Gasteiger partial charge in [-0.15, -0.1) is 0 Å². The monoisotopic (exact) mass is 312 g/mol. The van der Waals surface area contributed by atoms with Gasteiger partial charge in [0, 0.05) is 32.1 Å². The molecule has 1 aliphatic carbocycles. The van der Waals surface area contributed by atoms with Crippen LogP contribution in [0, 0.1) is 5.92 Å². The van der Waals surface area contributed by atoms with Crippen molar-refractivity contribution in [1.29, 1.82) is 0 Å². The molecule has 1 N–H and O–H groups in total. The molecule has 0 bridgehead atoms. The lowest BCUT2D eigenvalue weighted by atomic mass is 9.93. The van der Waals surface area contributed by atoms with Crippen LogP contribution < -0.4 is 5.32 Å². The van der Waals surface area contributed by atoms with Gasteiger partial charge in [-0.05, 0) is 54.9 Å². The number of carbonyl (C=O) groups excluding carboxylic acids is 2. The molecule has 23 heavy (non-hydrogen) atoms. The Morgan fingerprint density at radius 2 is 2.04 bits per heavy atom. The van der Waals surface area contributed by atoms with Gasteiger partial charge < -0.3 is 10.2 Å². The molecule has 1 aromatic rings. The van der Waals surface area contributed by atoms with Crippen molar-refractivity contribution in [3.63, 3.8) is 0 Å². The SMILES string of the molecule is CC(=O)NCC1CCN(C(=O)c2ccc3c(c2)CCC=C3)CC1. The van der Waals surface area contributed by atoms with Crippen molar-refractivity contribution in [1.82, 2.24) is 10.2 Å². The number of aryl methyl sites for hydroxylation is 1. The summed E-state index contributed by atoms with van der Waals surface area (Å²) in [6.45, 7) is 3.83. The molecule has 0 spiro atoms. The topological polar surface area (TPSA) is 49.4 Å². The Morgan fingerprint density at radius 3 is 2.78 bits per heavy atom. The van der Waals surface area contributed by atoms with Gasteiger partial charge in [0.1, 0.15) is 0 Å². The number of piperidine rings is 1. The lowest BCUT2D eigenvalue weighted by Crippen LogP contribution is -2.41. The van der Waals surface area contributed by atoms with Gasteiger partial charge in [-0.2, -0.15) is 0 Å². The van der Waals surface area contributed by atoms with Gasteiger partial charge in [-0.3, -0.25) is 9.59 Å². The van der Waals surface area contributed by atoms with Gasteiger partial charge in [0.25, 0.3) is 5.91 Å². The quantitative estimate of drug-likeness (QED) is 0.933. The maximum atomic E-state index is 12.7. The average molecular weight is 312 g/mol. The zero-order valence-corrected chi connectivity index (χ0v) is 13.7. The molecule has 0 atom stereocenters. The number of likely N-dealkylation sites (tertiary alicyclic amines) is 1. The molecule has 0 aromatic heterocycles. The molecule has 4 nitrogen and oxygen atoms in total. The van der Waals surface area contributed by atoms with E-state index in [0.29, 0.717) is 5.92 Å². The first kappa shape index (κ1) is 15.8. The largest absolute Gasteiger partial charge is 0.356 e. The van der Waals surface area contributed by atoms with E-state index in [1.54, 1.807) is 6.92 Å². The Labute approximate surface area is 137 Å². The number of hydrogen-bond acceptors (Lipinski definition) is 2. The predicted molar refractivity (Wildman–Crippen MR) is 91.1 cm³/mol. The molecule has 1 aliphatic heterocycles. The standard InChI is InChI=1S/C19H24N2O2/c1-14(22)20-13-15-8-10-21(11-9-15)19(23)18-7-6-16-4-2-3-5-17(16)12-18/h2,4,6-7,12,15H,3,5,8-11,13H2,1H3,(H,20,22). The summed E-state index contributed by atoms with van der Waals surface area (Å²) in [5, 5.41) is 2.88. The molecule has 0 saturated carbocycles. The summed E-state index contributed by atoms with van der Waals surface area (Å²) < 4.78 is 0. The highest BCUT2D eigenvalue weighted by Gasteiger charge is 2.24. The van der Waals surface area contributed by atoms with Crippen molar-refractivity contribution < 1.29 is 9.59 Å². The molecule has 0 radical (unpaired) electrons. The van der Waals surface area contributed by atoms with Crippen molar-refractivity contribution in [2.45, 2.75) is 32.6 Å². The summed E-state index contributed by atoms with van der Waals surface area (Å²) in [4.78, 5) is 25.6. The van der Waals surface area contributed by atoms with E-state index in [4.69, 9.17) is 0 Å². The Kier molecular flexibility index (Phi) is 4.79. The highest BCUT2D eigenvalue weighted by molar-refractivity contribution is 5.94. The molecule has 4 heteroatoms. The second-order valence-electron chi connectivity index (χ2n) is 6.53. The van der Waals surface area contributed by atoms with Crippen LogP contribution in [0.2, 0.25) is 0 Å². The van der Waals surface area contributed by atoms with E-state index in [1.165, 1.54) is 11.1 Å². The Hall–Kier alpha value is -2.10. The zero-order valence-electron chi connectivity index (χ0n) is 13.7. The Morgan fingerprint density at radius 1 is 1.26 bits per heavy atom. The molecular weight excluding hydrogens is 288 g/mol. The third kappa shape index (κ3) is 3.81. The van der Waals surface area contributed by atoms with E-state index in [9.17, 15) is 9.59 Å². The van der Waals surface area contributed by atoms with Crippen LogP contribution in [0.15, 0.2) is 24.3 Å². The number of carbonyl (C=O) groups is 2. The number of allylic oxidation sites excluding steroid dienone is 1. The Bertz CT molecular complexity index is 628. The summed E-state index contributed by atoms with van der Waals surface area (Å²) in [5.74, 6) is 0.642. The van der Waals surface area contributed by atoms with Crippen molar-refractivity contribution in [3.8, 4) is 0 Å². The minimum Gasteiger partial charge on any atom is -0.356 e. The van der Waals surface area contributed by atoms with Crippen LogP contribution in [0.3, 0.4) is 0 Å². The molecule has 0 unspecified atom stereocenters. The number of benzene rings is 1. The van der Waals surface area contributed by atoms with Crippen LogP contribution in [0.4, 0.5) is 0 Å². The van der Waals surface area contributed by atoms with Gasteiger partial charge >= 0.3 is 0 Å². The van der Waals surface area contributed by atoms with E-state index in [1.807, 2.05) is 11.0 Å². The third-order valence-electron chi connectivity index (χ3n) is 4.81. The lowest BCUT2D eigenvalue weighted by Gasteiger charge is -2.32. The minimum atomic E-state index is 0.0200. The second kappa shape index (κ2) is 6.99. The summed E-state index contributed by atoms with van der Waals surface area (Å²) in [6.07, 6.45) is 8.31. The van der Waals surface area contributed by atoms with Crippen LogP contribution in [0.5, 0.6) is 0 Å². The van der Waals surface area contributed by atoms with Crippen molar-refractivity contribution in [3.05, 3.63) is 41.0 Å². The summed E-state index contributed by atoms with van der Waals surface area (Å²) >= 11 is 0. The number of nitrogens with zero attached hydrogens (tertiary/aromatic N) is 1. The number of amides is 2. The van der Waals surface area contributed by atoms with E-state index in [0.717, 1.165) is 50.9 Å². The van der Waals surface area contributed by atoms with Crippen LogP contribution in [0.25, 0.3) is 6.08 Å². The van der Waals surface area contributed by atoms with Crippen LogP contribution in [-0.2, 0) is 11.2 Å². The molecule has 1 aromatic carbocycles. The summed E-state index contributed by atoms with van der Waals surface area (Å²) in [6, 6.07) is 6.06. The Balaban J connectivity index is 1.59. The third-order valence-corrected chi connectivity index (χ3v) is 4.81. The van der Waals surface area contributed by atoms with Gasteiger partial charge in [0.2, 0.25) is 5.91 Å². The molecule has 1 fully saturated rings. The van der Waals surface area contributed by atoms with Crippen LogP contribution >= 0.6 is 0 Å². The fourth-order valence-corrected chi connectivity index (χ4v) is 3.38. The first-order valence-electron chi connectivity index (χ1n) is 8.46. The van der Waals surface area contributed by atoms with Crippen LogP contribution in [0.1, 0.15) is 47.7 Å². The molecule has 2 aliphatic rings. The molecule has 1 heterocycles. The first-order chi connectivity index (χ1) is 11.1. The molecular formula is C19H24N2O2. The van der Waals surface area contributed by atoms with E-state index < -0.39 is 0 Å². The number of nitrogens with one attached hydrogen (secondary N) is 1. The van der Waals surface area contributed by atoms with Crippen molar-refractivity contribution in [2.75, 3.05) is 19.6 Å². The summed E-state index contributed by atoms with van der Waals surface area (Å²) in [5.41, 5.74) is 3.32. The maximum absolute atomic E-state index is 12.7. The molecule has 3 rings (SSSR count). The number of fused-ring (bicyclic) bond motifs is 1. The summed E-state index contributed by atoms with van der Waals surface area (Å²) in [7, 11) is 0. The number of rotatable bonds is 3. The van der Waals surface area contributed by atoms with E-state index in [-0.39, 0.29) is 11.8 Å². The molecule has 122 valence electrons. The average Bonchev–Trinajstić information content (AvgIpc) is 2.59. The minimum absolute atomic E-state index is 0.0200. The fourth-order valence-electron chi connectivity index (χ4n) is 3.38. The van der Waals surface area contributed by atoms with Gasteiger partial charge in [0.05, 0.1) is 0 Å². The lowest BCUT2D eigenvalue weighted by molar-refractivity contribution is -0.119.